The number of carbonyl (C=O) groups is 1. The predicted octanol–water partition coefficient (Wildman–Crippen LogP) is 2.33. The molecular weight excluding hydrogens is 202 g/mol. The van der Waals surface area contributed by atoms with Crippen LogP contribution < -0.4 is 0 Å². The summed E-state index contributed by atoms with van der Waals surface area (Å²) in [4.78, 5) is 12.8. The van der Waals surface area contributed by atoms with Gasteiger partial charge in [-0.1, -0.05) is 24.0 Å². The Morgan fingerprint density at radius 3 is 2.31 bits per heavy atom. The molecular formula is C9H17NOS2. The summed E-state index contributed by atoms with van der Waals surface area (Å²) in [6.07, 6.45) is 0.617. The standard InChI is InChI=1S/C9H17NOS2/c1-4-10(5-2)9(12)13-7-6-8(3)11/h4-7H2,1-3H3. The van der Waals surface area contributed by atoms with Gasteiger partial charge in [0.05, 0.1) is 0 Å². The van der Waals surface area contributed by atoms with Crippen molar-refractivity contribution in [2.75, 3.05) is 18.8 Å². The molecule has 4 heteroatoms. The summed E-state index contributed by atoms with van der Waals surface area (Å²) in [5.41, 5.74) is 0. The zero-order valence-electron chi connectivity index (χ0n) is 8.50. The van der Waals surface area contributed by atoms with Gasteiger partial charge in [-0.2, -0.15) is 0 Å². The van der Waals surface area contributed by atoms with Crippen molar-refractivity contribution in [1.29, 1.82) is 0 Å². The Bertz CT molecular complexity index is 178. The first-order valence-electron chi connectivity index (χ1n) is 4.52. The fraction of sp³-hybridized carbons (Fsp3) is 0.778. The summed E-state index contributed by atoms with van der Waals surface area (Å²) >= 11 is 6.80. The van der Waals surface area contributed by atoms with Crippen molar-refractivity contribution in [3.63, 3.8) is 0 Å². The maximum absolute atomic E-state index is 10.7. The minimum Gasteiger partial charge on any atom is -0.358 e. The lowest BCUT2D eigenvalue weighted by atomic mass is 10.4. The van der Waals surface area contributed by atoms with Crippen molar-refractivity contribution >= 4 is 34.1 Å². The summed E-state index contributed by atoms with van der Waals surface area (Å²) in [5, 5.41) is 0. The maximum atomic E-state index is 10.7. The number of hydrogen-bond donors (Lipinski definition) is 0. The summed E-state index contributed by atoms with van der Waals surface area (Å²) in [7, 11) is 0. The Hall–Kier alpha value is -0.0900. The molecule has 0 radical (unpaired) electrons. The number of Topliss-reactive ketones (excluding diaryl/α,β-unsaturated/α-hetero) is 1. The van der Waals surface area contributed by atoms with E-state index >= 15 is 0 Å². The molecule has 2 nitrogen and oxygen atoms in total. The highest BCUT2D eigenvalue weighted by Gasteiger charge is 2.05. The molecule has 0 amide bonds. The van der Waals surface area contributed by atoms with Gasteiger partial charge in [-0.05, 0) is 20.8 Å². The van der Waals surface area contributed by atoms with Gasteiger partial charge < -0.3 is 4.90 Å². The molecule has 0 bridgehead atoms. The Kier molecular flexibility index (Phi) is 7.28. The first-order valence-corrected chi connectivity index (χ1v) is 5.92. The third kappa shape index (κ3) is 6.05. The fourth-order valence-electron chi connectivity index (χ4n) is 0.855. The van der Waals surface area contributed by atoms with Crippen LogP contribution in [-0.4, -0.2) is 33.8 Å². The zero-order chi connectivity index (χ0) is 10.3. The van der Waals surface area contributed by atoms with E-state index in [1.54, 1.807) is 18.7 Å². The molecule has 0 heterocycles. The molecule has 0 rings (SSSR count). The highest BCUT2D eigenvalue weighted by molar-refractivity contribution is 8.22. The topological polar surface area (TPSA) is 20.3 Å². The summed E-state index contributed by atoms with van der Waals surface area (Å²) in [6, 6.07) is 0. The van der Waals surface area contributed by atoms with Crippen molar-refractivity contribution in [3.8, 4) is 0 Å². The number of nitrogens with zero attached hydrogens (tertiary/aromatic N) is 1. The van der Waals surface area contributed by atoms with Gasteiger partial charge in [-0.15, -0.1) is 0 Å². The van der Waals surface area contributed by atoms with Crippen LogP contribution in [0.1, 0.15) is 27.2 Å². The second-order valence-corrected chi connectivity index (χ2v) is 4.47. The van der Waals surface area contributed by atoms with E-state index < -0.39 is 0 Å². The minimum absolute atomic E-state index is 0.231. The lowest BCUT2D eigenvalue weighted by molar-refractivity contribution is -0.116. The third-order valence-electron chi connectivity index (χ3n) is 1.70. The molecule has 0 saturated carbocycles. The van der Waals surface area contributed by atoms with Crippen LogP contribution in [-0.2, 0) is 4.79 Å². The van der Waals surface area contributed by atoms with Gasteiger partial charge in [0, 0.05) is 25.3 Å². The molecule has 0 atom stereocenters. The number of rotatable bonds is 5. The van der Waals surface area contributed by atoms with Crippen molar-refractivity contribution in [2.45, 2.75) is 27.2 Å². The van der Waals surface area contributed by atoms with E-state index in [2.05, 4.69) is 18.7 Å². The Morgan fingerprint density at radius 1 is 1.38 bits per heavy atom. The van der Waals surface area contributed by atoms with E-state index in [1.807, 2.05) is 0 Å². The average Bonchev–Trinajstić information content (AvgIpc) is 2.05. The van der Waals surface area contributed by atoms with Gasteiger partial charge in [0.1, 0.15) is 10.1 Å². The van der Waals surface area contributed by atoms with Gasteiger partial charge in [0.25, 0.3) is 0 Å². The van der Waals surface area contributed by atoms with Gasteiger partial charge in [-0.3, -0.25) is 4.79 Å². The largest absolute Gasteiger partial charge is 0.358 e. The van der Waals surface area contributed by atoms with Crippen LogP contribution in [0.3, 0.4) is 0 Å². The van der Waals surface area contributed by atoms with Crippen LogP contribution in [0.5, 0.6) is 0 Å². The number of thiocarbonyl (C=S) groups is 1. The molecule has 0 aliphatic heterocycles. The highest BCUT2D eigenvalue weighted by Crippen LogP contribution is 2.10. The van der Waals surface area contributed by atoms with Gasteiger partial charge in [-0.25, -0.2) is 0 Å². The van der Waals surface area contributed by atoms with Crippen molar-refractivity contribution in [2.24, 2.45) is 0 Å². The van der Waals surface area contributed by atoms with Crippen molar-refractivity contribution < 1.29 is 4.79 Å². The molecule has 0 N–H and O–H groups in total. The number of ketones is 1. The quantitative estimate of drug-likeness (QED) is 0.661. The first-order chi connectivity index (χ1) is 6.11. The van der Waals surface area contributed by atoms with E-state index in [1.165, 1.54) is 0 Å². The number of carbonyl (C=O) groups excluding carboxylic acids is 1. The zero-order valence-corrected chi connectivity index (χ0v) is 10.1. The second kappa shape index (κ2) is 7.33. The first kappa shape index (κ1) is 12.9. The van der Waals surface area contributed by atoms with Crippen LogP contribution in [0.25, 0.3) is 0 Å². The molecule has 0 spiro atoms. The van der Waals surface area contributed by atoms with Crippen molar-refractivity contribution in [3.05, 3.63) is 0 Å². The average molecular weight is 219 g/mol. The van der Waals surface area contributed by atoms with E-state index in [9.17, 15) is 4.79 Å². The third-order valence-corrected chi connectivity index (χ3v) is 3.23. The normalized spacial score (nSPS) is 9.77. The summed E-state index contributed by atoms with van der Waals surface area (Å²) in [5.74, 6) is 1.04. The van der Waals surface area contributed by atoms with Crippen LogP contribution >= 0.6 is 24.0 Å². The second-order valence-electron chi connectivity index (χ2n) is 2.74. The monoisotopic (exact) mass is 219 g/mol. The molecule has 0 aliphatic rings. The Morgan fingerprint density at radius 2 is 1.92 bits per heavy atom. The summed E-state index contributed by atoms with van der Waals surface area (Å²) in [6.45, 7) is 7.68. The SMILES string of the molecule is CCN(CC)C(=S)SCCC(C)=O. The molecule has 0 aliphatic carbocycles. The van der Waals surface area contributed by atoms with Crippen molar-refractivity contribution in [1.82, 2.24) is 4.90 Å². The fourth-order valence-corrected chi connectivity index (χ4v) is 2.37. The molecule has 13 heavy (non-hydrogen) atoms. The van der Waals surface area contributed by atoms with E-state index in [0.29, 0.717) is 6.42 Å². The minimum atomic E-state index is 0.231. The molecule has 0 saturated heterocycles. The Balaban J connectivity index is 3.66. The van der Waals surface area contributed by atoms with Crippen LogP contribution in [0.4, 0.5) is 0 Å². The van der Waals surface area contributed by atoms with Gasteiger partial charge in [0.15, 0.2) is 0 Å². The molecule has 0 aromatic carbocycles. The molecule has 0 unspecified atom stereocenters. The number of thioether (sulfide) groups is 1. The smallest absolute Gasteiger partial charge is 0.136 e. The number of hydrogen-bond acceptors (Lipinski definition) is 3. The van der Waals surface area contributed by atoms with E-state index in [-0.39, 0.29) is 5.78 Å². The highest BCUT2D eigenvalue weighted by atomic mass is 32.2. The van der Waals surface area contributed by atoms with Gasteiger partial charge in [0.2, 0.25) is 0 Å². The summed E-state index contributed by atoms with van der Waals surface area (Å²) < 4.78 is 0.909. The van der Waals surface area contributed by atoms with Crippen LogP contribution in [0.2, 0.25) is 0 Å². The van der Waals surface area contributed by atoms with Crippen LogP contribution in [0.15, 0.2) is 0 Å². The lowest BCUT2D eigenvalue weighted by Gasteiger charge is -2.20. The molecule has 0 aromatic heterocycles. The van der Waals surface area contributed by atoms with E-state index in [0.717, 1.165) is 23.2 Å². The van der Waals surface area contributed by atoms with E-state index in [4.69, 9.17) is 12.2 Å². The van der Waals surface area contributed by atoms with Gasteiger partial charge >= 0.3 is 0 Å². The molecule has 76 valence electrons. The molecule has 0 fully saturated rings. The predicted molar refractivity (Wildman–Crippen MR) is 63.3 cm³/mol. The molecule has 0 aromatic rings. The maximum Gasteiger partial charge on any atom is 0.136 e. The Labute approximate surface area is 90.1 Å². The van der Waals surface area contributed by atoms with Crippen LogP contribution in [0, 0.1) is 0 Å². The lowest BCUT2D eigenvalue weighted by Crippen LogP contribution is -2.26.